The molecule has 5 rings (SSSR count). The molecule has 1 aromatic heterocycles. The van der Waals surface area contributed by atoms with Crippen LogP contribution in [-0.4, -0.2) is 116 Å². The lowest BCUT2D eigenvalue weighted by Gasteiger charge is -2.40. The Balaban J connectivity index is 1.40. The van der Waals surface area contributed by atoms with E-state index in [-0.39, 0.29) is 33.8 Å². The van der Waals surface area contributed by atoms with Gasteiger partial charge in [-0.15, -0.1) is 0 Å². The molecular weight excluding hydrogens is 564 g/mol. The number of hydrogen-bond acceptors (Lipinski definition) is 15. The summed E-state index contributed by atoms with van der Waals surface area (Å²) in [6, 6.07) is 6.95. The van der Waals surface area contributed by atoms with E-state index in [0.29, 0.717) is 5.56 Å². The Morgan fingerprint density at radius 3 is 2.38 bits per heavy atom. The molecular formula is C27H30O15. The number of aliphatic hydroxyl groups excluding tert-OH is 5. The van der Waals surface area contributed by atoms with Gasteiger partial charge in [0, 0.05) is 6.07 Å². The van der Waals surface area contributed by atoms with E-state index in [4.69, 9.17) is 28.1 Å². The predicted molar refractivity (Wildman–Crippen MR) is 139 cm³/mol. The molecule has 42 heavy (non-hydrogen) atoms. The van der Waals surface area contributed by atoms with Gasteiger partial charge in [0.25, 0.3) is 0 Å². The van der Waals surface area contributed by atoms with Crippen LogP contribution in [0.25, 0.3) is 22.1 Å². The smallest absolute Gasteiger partial charge is 0.229 e. The highest BCUT2D eigenvalue weighted by atomic mass is 16.7. The van der Waals surface area contributed by atoms with Gasteiger partial charge in [-0.05, 0) is 17.7 Å². The Labute approximate surface area is 236 Å². The number of ether oxygens (including phenoxy) is 5. The largest absolute Gasteiger partial charge is 0.508 e. The van der Waals surface area contributed by atoms with Gasteiger partial charge in [-0.3, -0.25) is 4.79 Å². The van der Waals surface area contributed by atoms with E-state index in [2.05, 4.69) is 0 Å². The number of phenols is 2. The van der Waals surface area contributed by atoms with Crippen LogP contribution in [0.15, 0.2) is 45.8 Å². The third kappa shape index (κ3) is 5.26. The van der Waals surface area contributed by atoms with E-state index in [1.54, 1.807) is 0 Å². The molecule has 2 fully saturated rings. The highest BCUT2D eigenvalue weighted by Gasteiger charge is 2.50. The summed E-state index contributed by atoms with van der Waals surface area (Å²) in [5.41, 5.74) is -2.18. The Morgan fingerprint density at radius 2 is 1.74 bits per heavy atom. The molecule has 2 aromatic carbocycles. The molecule has 0 radical (unpaired) electrons. The lowest BCUT2D eigenvalue weighted by atomic mass is 9.99. The van der Waals surface area contributed by atoms with Gasteiger partial charge in [0.2, 0.25) is 17.5 Å². The van der Waals surface area contributed by atoms with Gasteiger partial charge in [-0.25, -0.2) is 0 Å². The minimum absolute atomic E-state index is 0.00728. The molecule has 15 nitrogen and oxygen atoms in total. The van der Waals surface area contributed by atoms with Gasteiger partial charge < -0.3 is 69.0 Å². The van der Waals surface area contributed by atoms with Crippen LogP contribution in [-0.2, 0) is 14.2 Å². The van der Waals surface area contributed by atoms with Crippen molar-refractivity contribution in [1.82, 2.24) is 0 Å². The average molecular weight is 595 g/mol. The topological polar surface area (TPSA) is 238 Å². The SMILES string of the molecule is COc1c(O[C@@H]2O[C@H](CO[C@@H]3OC[C@@](O)(CO)[C@H]3O)[C@H](O)[C@@H](O)[C@H]2O)cc2occ(-c3ccc(O)cc3)c(=O)c2c1O. The second-order valence-electron chi connectivity index (χ2n) is 10.0. The van der Waals surface area contributed by atoms with Gasteiger partial charge in [0.1, 0.15) is 59.1 Å². The first-order chi connectivity index (χ1) is 20.0. The molecule has 8 N–H and O–H groups in total. The third-order valence-electron chi connectivity index (χ3n) is 7.26. The van der Waals surface area contributed by atoms with Gasteiger partial charge >= 0.3 is 0 Å². The first-order valence-electron chi connectivity index (χ1n) is 12.7. The molecule has 3 aromatic rings. The van der Waals surface area contributed by atoms with E-state index >= 15 is 0 Å². The van der Waals surface area contributed by atoms with Crippen molar-refractivity contribution in [3.8, 4) is 34.1 Å². The lowest BCUT2D eigenvalue weighted by Crippen LogP contribution is -2.60. The molecule has 2 saturated heterocycles. The zero-order valence-corrected chi connectivity index (χ0v) is 22.1. The summed E-state index contributed by atoms with van der Waals surface area (Å²) >= 11 is 0. The van der Waals surface area contributed by atoms with E-state index < -0.39 is 79.7 Å². The third-order valence-corrected chi connectivity index (χ3v) is 7.26. The van der Waals surface area contributed by atoms with E-state index in [1.165, 1.54) is 37.4 Å². The maximum atomic E-state index is 13.3. The summed E-state index contributed by atoms with van der Waals surface area (Å²) in [7, 11) is 1.19. The molecule has 0 saturated carbocycles. The average Bonchev–Trinajstić information content (AvgIpc) is 3.27. The molecule has 0 unspecified atom stereocenters. The van der Waals surface area contributed by atoms with E-state index in [1.807, 2.05) is 0 Å². The highest BCUT2D eigenvalue weighted by Crippen LogP contribution is 2.43. The van der Waals surface area contributed by atoms with Crippen molar-refractivity contribution in [2.75, 3.05) is 26.9 Å². The molecule has 0 amide bonds. The first-order valence-corrected chi connectivity index (χ1v) is 12.7. The van der Waals surface area contributed by atoms with Crippen LogP contribution in [0.4, 0.5) is 0 Å². The second-order valence-corrected chi connectivity index (χ2v) is 10.0. The number of hydrogen-bond donors (Lipinski definition) is 8. The summed E-state index contributed by atoms with van der Waals surface area (Å²) in [5.74, 6) is -1.23. The van der Waals surface area contributed by atoms with Crippen molar-refractivity contribution in [3.63, 3.8) is 0 Å². The first kappa shape index (κ1) is 30.0. The Morgan fingerprint density at radius 1 is 1.02 bits per heavy atom. The van der Waals surface area contributed by atoms with Crippen LogP contribution in [0.3, 0.4) is 0 Å². The second kappa shape index (κ2) is 11.6. The standard InChI is InChI=1S/C27H30O15/c1-37-23-15(6-14-17(20(23)32)18(30)13(7-38-14)11-2-4-12(29)5-3-11)41-25-22(34)21(33)19(31)16(42-25)8-39-26-24(35)27(36,9-28)10-40-26/h2-7,16,19,21-22,24-26,28-29,31-36H,8-10H2,1H3/t16-,19+,21-,22-,24+,25-,26-,27+/m1/s1. The highest BCUT2D eigenvalue weighted by molar-refractivity contribution is 5.91. The molecule has 15 heteroatoms. The molecule has 2 aliphatic rings. The Hall–Kier alpha value is -3.51. The normalized spacial score (nSPS) is 31.4. The summed E-state index contributed by atoms with van der Waals surface area (Å²) in [5, 5.41) is 81.3. The summed E-state index contributed by atoms with van der Waals surface area (Å²) in [6.45, 7) is -1.73. The monoisotopic (exact) mass is 594 g/mol. The van der Waals surface area contributed by atoms with Gasteiger partial charge in [-0.2, -0.15) is 0 Å². The van der Waals surface area contributed by atoms with E-state index in [0.717, 1.165) is 6.26 Å². The van der Waals surface area contributed by atoms with Gasteiger partial charge in [0.05, 0.1) is 32.5 Å². The molecule has 0 bridgehead atoms. The molecule has 8 atom stereocenters. The van der Waals surface area contributed by atoms with Gasteiger partial charge in [0.15, 0.2) is 17.8 Å². The fraction of sp³-hybridized carbons (Fsp3) is 0.444. The number of aromatic hydroxyl groups is 2. The number of benzene rings is 2. The minimum Gasteiger partial charge on any atom is -0.508 e. The molecule has 0 aliphatic carbocycles. The summed E-state index contributed by atoms with van der Waals surface area (Å²) < 4.78 is 32.7. The lowest BCUT2D eigenvalue weighted by molar-refractivity contribution is -0.289. The van der Waals surface area contributed by atoms with Crippen molar-refractivity contribution in [1.29, 1.82) is 0 Å². The maximum absolute atomic E-state index is 13.3. The number of aliphatic hydroxyl groups is 6. The van der Waals surface area contributed by atoms with Crippen molar-refractivity contribution >= 4 is 11.0 Å². The van der Waals surface area contributed by atoms with Crippen LogP contribution >= 0.6 is 0 Å². The van der Waals surface area contributed by atoms with Gasteiger partial charge in [-0.1, -0.05) is 12.1 Å². The number of methoxy groups -OCH3 is 1. The molecule has 2 aliphatic heterocycles. The van der Waals surface area contributed by atoms with Crippen LogP contribution in [0.5, 0.6) is 23.0 Å². The van der Waals surface area contributed by atoms with E-state index in [9.17, 15) is 45.6 Å². The Kier molecular flexibility index (Phi) is 8.30. The zero-order chi connectivity index (χ0) is 30.3. The van der Waals surface area contributed by atoms with Crippen molar-refractivity contribution in [2.45, 2.75) is 48.7 Å². The fourth-order valence-corrected chi connectivity index (χ4v) is 4.75. The fourth-order valence-electron chi connectivity index (χ4n) is 4.75. The van der Waals surface area contributed by atoms with Crippen LogP contribution in [0.2, 0.25) is 0 Å². The van der Waals surface area contributed by atoms with Crippen LogP contribution in [0, 0.1) is 0 Å². The van der Waals surface area contributed by atoms with Crippen molar-refractivity contribution in [2.24, 2.45) is 0 Å². The number of rotatable bonds is 8. The van der Waals surface area contributed by atoms with Crippen molar-refractivity contribution < 1.29 is 69.0 Å². The number of fused-ring (bicyclic) bond motifs is 1. The predicted octanol–water partition coefficient (Wildman–Crippen LogP) is -1.48. The van der Waals surface area contributed by atoms with Crippen LogP contribution in [0.1, 0.15) is 0 Å². The molecule has 3 heterocycles. The molecule has 0 spiro atoms. The zero-order valence-electron chi connectivity index (χ0n) is 22.1. The Bertz CT molecular complexity index is 1470. The summed E-state index contributed by atoms with van der Waals surface area (Å²) in [6.07, 6.45) is -10.2. The maximum Gasteiger partial charge on any atom is 0.229 e. The number of phenolic OH excluding ortho intramolecular Hbond substituents is 2. The van der Waals surface area contributed by atoms with Crippen LogP contribution < -0.4 is 14.9 Å². The summed E-state index contributed by atoms with van der Waals surface area (Å²) in [4.78, 5) is 13.3. The van der Waals surface area contributed by atoms with Crippen molar-refractivity contribution in [3.05, 3.63) is 46.8 Å². The quantitative estimate of drug-likeness (QED) is 0.148. The minimum atomic E-state index is -1.95. The molecule has 228 valence electrons.